The van der Waals surface area contributed by atoms with Crippen molar-refractivity contribution >= 4 is 21.6 Å². The summed E-state index contributed by atoms with van der Waals surface area (Å²) >= 11 is 0. The molecule has 0 aromatic heterocycles. The number of anilines is 1. The lowest BCUT2D eigenvalue weighted by atomic mass is 9.96. The van der Waals surface area contributed by atoms with Gasteiger partial charge in [0.25, 0.3) is 15.9 Å². The van der Waals surface area contributed by atoms with Crippen LogP contribution in [0.5, 0.6) is 0 Å². The van der Waals surface area contributed by atoms with Gasteiger partial charge in [0.15, 0.2) is 0 Å². The fourth-order valence-corrected chi connectivity index (χ4v) is 4.28. The fraction of sp³-hybridized carbons (Fsp3) is 0.208. The molecule has 30 heavy (non-hydrogen) atoms. The van der Waals surface area contributed by atoms with Crippen LogP contribution < -0.4 is 10.0 Å². The lowest BCUT2D eigenvalue weighted by molar-refractivity contribution is 0.0932. The standard InChI is InChI=1S/C24H26N2O3S/c1-18(2)16-23(19-10-5-3-6-11-19)25-24(27)20-12-9-13-21(17-20)26-30(28,29)22-14-7-4-8-15-22/h3-15,17-18,23,26H,16H2,1-2H3,(H,25,27)/t23-/m1/s1. The van der Waals surface area contributed by atoms with E-state index in [2.05, 4.69) is 23.9 Å². The van der Waals surface area contributed by atoms with E-state index in [9.17, 15) is 13.2 Å². The highest BCUT2D eigenvalue weighted by molar-refractivity contribution is 7.92. The van der Waals surface area contributed by atoms with E-state index in [1.165, 1.54) is 12.1 Å². The van der Waals surface area contributed by atoms with Gasteiger partial charge in [0.05, 0.1) is 10.9 Å². The minimum absolute atomic E-state index is 0.122. The number of nitrogens with one attached hydrogen (secondary N) is 2. The number of carbonyl (C=O) groups excluding carboxylic acids is 1. The number of amides is 1. The highest BCUT2D eigenvalue weighted by Gasteiger charge is 2.18. The number of hydrogen-bond acceptors (Lipinski definition) is 3. The predicted molar refractivity (Wildman–Crippen MR) is 120 cm³/mol. The Balaban J connectivity index is 1.78. The van der Waals surface area contributed by atoms with E-state index in [-0.39, 0.29) is 16.8 Å². The molecule has 0 unspecified atom stereocenters. The molecule has 2 N–H and O–H groups in total. The summed E-state index contributed by atoms with van der Waals surface area (Å²) in [6.45, 7) is 4.22. The first-order valence-corrected chi connectivity index (χ1v) is 11.4. The van der Waals surface area contributed by atoms with Crippen LogP contribution in [-0.4, -0.2) is 14.3 Å². The van der Waals surface area contributed by atoms with Gasteiger partial charge in [-0.2, -0.15) is 0 Å². The molecular formula is C24H26N2O3S. The van der Waals surface area contributed by atoms with Gasteiger partial charge in [-0.15, -0.1) is 0 Å². The Hall–Kier alpha value is -3.12. The summed E-state index contributed by atoms with van der Waals surface area (Å²) in [5, 5.41) is 3.09. The first-order valence-electron chi connectivity index (χ1n) is 9.89. The third-order valence-electron chi connectivity index (χ3n) is 4.64. The van der Waals surface area contributed by atoms with Gasteiger partial charge in [-0.3, -0.25) is 9.52 Å². The van der Waals surface area contributed by atoms with E-state index in [1.807, 2.05) is 30.3 Å². The maximum atomic E-state index is 12.9. The van der Waals surface area contributed by atoms with Crippen molar-refractivity contribution in [3.05, 3.63) is 96.1 Å². The molecule has 3 rings (SSSR count). The Morgan fingerprint density at radius 3 is 2.13 bits per heavy atom. The predicted octanol–water partition coefficient (Wildman–Crippen LogP) is 5.00. The normalized spacial score (nSPS) is 12.4. The molecule has 0 aliphatic heterocycles. The summed E-state index contributed by atoms with van der Waals surface area (Å²) in [5.74, 6) is 0.157. The summed E-state index contributed by atoms with van der Waals surface area (Å²) in [6, 6.07) is 24.4. The third kappa shape index (κ3) is 5.70. The zero-order valence-corrected chi connectivity index (χ0v) is 17.9. The Labute approximate surface area is 178 Å². The molecule has 0 radical (unpaired) electrons. The number of carbonyl (C=O) groups is 1. The molecule has 3 aromatic carbocycles. The molecule has 6 heteroatoms. The van der Waals surface area contributed by atoms with Gasteiger partial charge in [0, 0.05) is 11.3 Å². The van der Waals surface area contributed by atoms with Gasteiger partial charge < -0.3 is 5.32 Å². The van der Waals surface area contributed by atoms with Crippen LogP contribution in [-0.2, 0) is 10.0 Å². The molecule has 156 valence electrons. The quantitative estimate of drug-likeness (QED) is 0.536. The van der Waals surface area contributed by atoms with Crippen LogP contribution in [0.25, 0.3) is 0 Å². The van der Waals surface area contributed by atoms with Gasteiger partial charge in [0.1, 0.15) is 0 Å². The Kier molecular flexibility index (Phi) is 6.90. The molecule has 0 fully saturated rings. The highest BCUT2D eigenvalue weighted by Crippen LogP contribution is 2.23. The SMILES string of the molecule is CC(C)C[C@@H](NC(=O)c1cccc(NS(=O)(=O)c2ccccc2)c1)c1ccccc1. The minimum Gasteiger partial charge on any atom is -0.345 e. The molecule has 0 heterocycles. The van der Waals surface area contributed by atoms with Gasteiger partial charge in [-0.05, 0) is 48.2 Å². The second-order valence-corrected chi connectivity index (χ2v) is 9.25. The van der Waals surface area contributed by atoms with E-state index in [0.29, 0.717) is 17.2 Å². The van der Waals surface area contributed by atoms with E-state index >= 15 is 0 Å². The second kappa shape index (κ2) is 9.59. The van der Waals surface area contributed by atoms with Crippen molar-refractivity contribution < 1.29 is 13.2 Å². The molecule has 0 bridgehead atoms. The van der Waals surface area contributed by atoms with Crippen LogP contribution >= 0.6 is 0 Å². The van der Waals surface area contributed by atoms with Crippen molar-refractivity contribution in [1.82, 2.24) is 5.32 Å². The summed E-state index contributed by atoms with van der Waals surface area (Å²) in [7, 11) is -3.72. The average Bonchev–Trinajstić information content (AvgIpc) is 2.74. The smallest absolute Gasteiger partial charge is 0.261 e. The Morgan fingerprint density at radius 1 is 0.867 bits per heavy atom. The lowest BCUT2D eigenvalue weighted by Gasteiger charge is -2.21. The maximum Gasteiger partial charge on any atom is 0.261 e. The van der Waals surface area contributed by atoms with Gasteiger partial charge in [-0.1, -0.05) is 68.4 Å². The van der Waals surface area contributed by atoms with Crippen LogP contribution in [0.2, 0.25) is 0 Å². The van der Waals surface area contributed by atoms with Crippen LogP contribution in [0.15, 0.2) is 89.8 Å². The van der Waals surface area contributed by atoms with Gasteiger partial charge in [-0.25, -0.2) is 8.42 Å². The lowest BCUT2D eigenvalue weighted by Crippen LogP contribution is -2.29. The molecule has 1 amide bonds. The van der Waals surface area contributed by atoms with Crippen molar-refractivity contribution in [3.63, 3.8) is 0 Å². The molecule has 0 aliphatic rings. The third-order valence-corrected chi connectivity index (χ3v) is 6.04. The van der Waals surface area contributed by atoms with E-state index in [4.69, 9.17) is 0 Å². The highest BCUT2D eigenvalue weighted by atomic mass is 32.2. The van der Waals surface area contributed by atoms with Crippen molar-refractivity contribution in [1.29, 1.82) is 0 Å². The number of rotatable bonds is 8. The number of sulfonamides is 1. The molecule has 1 atom stereocenters. The minimum atomic E-state index is -3.72. The van der Waals surface area contributed by atoms with E-state index in [0.717, 1.165) is 12.0 Å². The van der Waals surface area contributed by atoms with Gasteiger partial charge >= 0.3 is 0 Å². The molecule has 0 spiro atoms. The first-order chi connectivity index (χ1) is 14.3. The fourth-order valence-electron chi connectivity index (χ4n) is 3.21. The van der Waals surface area contributed by atoms with Crippen molar-refractivity contribution in [2.75, 3.05) is 4.72 Å². The molecule has 0 saturated carbocycles. The van der Waals surface area contributed by atoms with Crippen LogP contribution in [0, 0.1) is 5.92 Å². The summed E-state index contributed by atoms with van der Waals surface area (Å²) < 4.78 is 27.6. The monoisotopic (exact) mass is 422 g/mol. The average molecular weight is 423 g/mol. The van der Waals surface area contributed by atoms with Crippen LogP contribution in [0.3, 0.4) is 0 Å². The summed E-state index contributed by atoms with van der Waals surface area (Å²) in [5.41, 5.74) is 1.78. The zero-order chi connectivity index (χ0) is 21.6. The van der Waals surface area contributed by atoms with Crippen LogP contribution in [0.1, 0.15) is 42.2 Å². The molecule has 3 aromatic rings. The number of hydrogen-bond donors (Lipinski definition) is 2. The summed E-state index contributed by atoms with van der Waals surface area (Å²) in [6.07, 6.45) is 0.802. The van der Waals surface area contributed by atoms with E-state index < -0.39 is 10.0 Å². The Morgan fingerprint density at radius 2 is 1.50 bits per heavy atom. The van der Waals surface area contributed by atoms with E-state index in [1.54, 1.807) is 42.5 Å². The van der Waals surface area contributed by atoms with Gasteiger partial charge in [0.2, 0.25) is 0 Å². The first kappa shape index (κ1) is 21.6. The largest absolute Gasteiger partial charge is 0.345 e. The Bertz CT molecular complexity index is 1080. The molecule has 0 aliphatic carbocycles. The summed E-state index contributed by atoms with van der Waals surface area (Å²) in [4.78, 5) is 13.1. The maximum absolute atomic E-state index is 12.9. The topological polar surface area (TPSA) is 75.3 Å². The van der Waals surface area contributed by atoms with Crippen molar-refractivity contribution in [2.24, 2.45) is 5.92 Å². The van der Waals surface area contributed by atoms with Crippen LogP contribution in [0.4, 0.5) is 5.69 Å². The molecule has 0 saturated heterocycles. The zero-order valence-electron chi connectivity index (χ0n) is 17.1. The molecular weight excluding hydrogens is 396 g/mol. The van der Waals surface area contributed by atoms with Crippen molar-refractivity contribution in [3.8, 4) is 0 Å². The van der Waals surface area contributed by atoms with Crippen molar-refractivity contribution in [2.45, 2.75) is 31.2 Å². The molecule has 5 nitrogen and oxygen atoms in total. The second-order valence-electron chi connectivity index (χ2n) is 7.57. The number of benzene rings is 3.